The Balaban J connectivity index is 1.91. The molecule has 0 aliphatic carbocycles. The Labute approximate surface area is 119 Å². The Hall–Kier alpha value is -2.25. The molecule has 0 bridgehead atoms. The number of nitrogens with zero attached hydrogens (tertiary/aromatic N) is 1. The molecule has 2 aromatic rings. The molecule has 0 aliphatic heterocycles. The molecule has 2 aromatic heterocycles. The third-order valence-corrected chi connectivity index (χ3v) is 3.60. The topological polar surface area (TPSA) is 105 Å². The van der Waals surface area contributed by atoms with E-state index in [1.807, 2.05) is 11.4 Å². The summed E-state index contributed by atoms with van der Waals surface area (Å²) in [6.45, 7) is 0.255. The number of rotatable bonds is 5. The molecule has 0 saturated carbocycles. The van der Waals surface area contributed by atoms with E-state index in [2.05, 4.69) is 10.3 Å². The van der Waals surface area contributed by atoms with Crippen molar-refractivity contribution in [2.45, 2.75) is 12.6 Å². The summed E-state index contributed by atoms with van der Waals surface area (Å²) in [5, 5.41) is 13.3. The predicted molar refractivity (Wildman–Crippen MR) is 74.3 cm³/mol. The predicted octanol–water partition coefficient (Wildman–Crippen LogP) is 1.16. The normalized spacial score (nSPS) is 11.8. The molecule has 0 saturated heterocycles. The summed E-state index contributed by atoms with van der Waals surface area (Å²) in [7, 11) is 0. The van der Waals surface area contributed by atoms with Gasteiger partial charge in [-0.2, -0.15) is 0 Å². The number of thiophene rings is 1. The number of carbonyl (C=O) groups is 2. The fraction of sp³-hybridized carbons (Fsp3) is 0.154. The average Bonchev–Trinajstić information content (AvgIpc) is 2.98. The number of nitrogens with one attached hydrogen (secondary N) is 1. The van der Waals surface area contributed by atoms with Gasteiger partial charge in [0, 0.05) is 17.6 Å². The van der Waals surface area contributed by atoms with Crippen LogP contribution in [0.2, 0.25) is 0 Å². The Morgan fingerprint density at radius 1 is 1.40 bits per heavy atom. The molecular weight excluding hydrogens is 278 g/mol. The van der Waals surface area contributed by atoms with Crippen LogP contribution in [0.4, 0.5) is 0 Å². The summed E-state index contributed by atoms with van der Waals surface area (Å²) in [4.78, 5) is 27.1. The van der Waals surface area contributed by atoms with Crippen molar-refractivity contribution in [3.05, 3.63) is 52.0 Å². The maximum absolute atomic E-state index is 11.8. The number of hydrogen-bond acceptors (Lipinski definition) is 5. The molecule has 2 rings (SSSR count). The van der Waals surface area contributed by atoms with Crippen LogP contribution in [-0.4, -0.2) is 22.0 Å². The lowest BCUT2D eigenvalue weighted by Gasteiger charge is -2.10. The summed E-state index contributed by atoms with van der Waals surface area (Å²) >= 11 is 1.42. The van der Waals surface area contributed by atoms with Crippen molar-refractivity contribution in [1.29, 1.82) is 0 Å². The number of carboxylic acid groups (broad SMARTS) is 1. The van der Waals surface area contributed by atoms with Crippen LogP contribution >= 0.6 is 11.3 Å². The van der Waals surface area contributed by atoms with Crippen LogP contribution < -0.4 is 11.1 Å². The van der Waals surface area contributed by atoms with E-state index in [1.54, 1.807) is 12.1 Å². The molecule has 4 N–H and O–H groups in total. The summed E-state index contributed by atoms with van der Waals surface area (Å²) in [5.41, 5.74) is 6.49. The summed E-state index contributed by atoms with van der Waals surface area (Å²) in [6.07, 6.45) is 1.42. The van der Waals surface area contributed by atoms with Crippen molar-refractivity contribution in [3.63, 3.8) is 0 Å². The third kappa shape index (κ3) is 3.40. The van der Waals surface area contributed by atoms with Gasteiger partial charge in [-0.3, -0.25) is 4.79 Å². The van der Waals surface area contributed by atoms with Crippen molar-refractivity contribution >= 4 is 23.2 Å². The highest BCUT2D eigenvalue weighted by atomic mass is 32.1. The third-order valence-electron chi connectivity index (χ3n) is 2.64. The molecule has 0 spiro atoms. The van der Waals surface area contributed by atoms with Gasteiger partial charge in [0.15, 0.2) is 0 Å². The smallest absolute Gasteiger partial charge is 0.354 e. The quantitative estimate of drug-likeness (QED) is 0.766. The van der Waals surface area contributed by atoms with Crippen molar-refractivity contribution in [1.82, 2.24) is 10.3 Å². The lowest BCUT2D eigenvalue weighted by molar-refractivity contribution is -0.122. The monoisotopic (exact) mass is 291 g/mol. The number of aromatic nitrogens is 1. The van der Waals surface area contributed by atoms with Crippen LogP contribution in [0.3, 0.4) is 0 Å². The molecule has 104 valence electrons. The highest BCUT2D eigenvalue weighted by Crippen LogP contribution is 2.16. The standard InChI is InChI=1S/C13H13N3O3S/c14-11(10-2-1-5-20-10)12(17)16-7-8-3-4-9(13(18)19)15-6-8/h1-6,11H,7,14H2,(H,16,17)(H,18,19). The van der Waals surface area contributed by atoms with E-state index in [-0.39, 0.29) is 18.1 Å². The van der Waals surface area contributed by atoms with Gasteiger partial charge >= 0.3 is 5.97 Å². The van der Waals surface area contributed by atoms with Crippen LogP contribution in [0.25, 0.3) is 0 Å². The van der Waals surface area contributed by atoms with Gasteiger partial charge < -0.3 is 16.2 Å². The maximum Gasteiger partial charge on any atom is 0.354 e. The van der Waals surface area contributed by atoms with Gasteiger partial charge in [-0.15, -0.1) is 11.3 Å². The van der Waals surface area contributed by atoms with Crippen LogP contribution in [0, 0.1) is 0 Å². The number of carboxylic acids is 1. The number of aromatic carboxylic acids is 1. The highest BCUT2D eigenvalue weighted by Gasteiger charge is 2.16. The van der Waals surface area contributed by atoms with Crippen molar-refractivity contribution in [2.24, 2.45) is 5.73 Å². The molecule has 7 heteroatoms. The summed E-state index contributed by atoms with van der Waals surface area (Å²) < 4.78 is 0. The van der Waals surface area contributed by atoms with Crippen molar-refractivity contribution in [2.75, 3.05) is 0 Å². The fourth-order valence-electron chi connectivity index (χ4n) is 1.55. The van der Waals surface area contributed by atoms with Crippen LogP contribution in [0.1, 0.15) is 27.0 Å². The van der Waals surface area contributed by atoms with Crippen LogP contribution in [-0.2, 0) is 11.3 Å². The second-order valence-electron chi connectivity index (χ2n) is 4.07. The first-order valence-corrected chi connectivity index (χ1v) is 6.71. The minimum absolute atomic E-state index is 0.0321. The average molecular weight is 291 g/mol. The largest absolute Gasteiger partial charge is 0.477 e. The van der Waals surface area contributed by atoms with E-state index in [1.165, 1.54) is 23.6 Å². The molecule has 1 unspecified atom stereocenters. The van der Waals surface area contributed by atoms with E-state index in [9.17, 15) is 9.59 Å². The SMILES string of the molecule is NC(C(=O)NCc1ccc(C(=O)O)nc1)c1cccs1. The molecule has 6 nitrogen and oxygen atoms in total. The Kier molecular flexibility index (Phi) is 4.44. The first-order chi connectivity index (χ1) is 9.58. The highest BCUT2D eigenvalue weighted by molar-refractivity contribution is 7.10. The molecular formula is C13H13N3O3S. The van der Waals surface area contributed by atoms with Gasteiger partial charge in [0.25, 0.3) is 0 Å². The minimum atomic E-state index is -1.08. The van der Waals surface area contributed by atoms with Crippen molar-refractivity contribution in [3.8, 4) is 0 Å². The van der Waals surface area contributed by atoms with Gasteiger partial charge in [-0.05, 0) is 23.1 Å². The number of carbonyl (C=O) groups excluding carboxylic acids is 1. The van der Waals surface area contributed by atoms with E-state index in [0.717, 1.165) is 4.88 Å². The maximum atomic E-state index is 11.8. The zero-order valence-electron chi connectivity index (χ0n) is 10.4. The Morgan fingerprint density at radius 3 is 2.75 bits per heavy atom. The van der Waals surface area contributed by atoms with Gasteiger partial charge in [0.1, 0.15) is 11.7 Å². The minimum Gasteiger partial charge on any atom is -0.477 e. The van der Waals surface area contributed by atoms with Crippen LogP contribution in [0.15, 0.2) is 35.8 Å². The lowest BCUT2D eigenvalue weighted by atomic mass is 10.2. The number of pyridine rings is 1. The second-order valence-corrected chi connectivity index (χ2v) is 5.05. The molecule has 20 heavy (non-hydrogen) atoms. The molecule has 0 radical (unpaired) electrons. The molecule has 2 heterocycles. The van der Waals surface area contributed by atoms with E-state index >= 15 is 0 Å². The van der Waals surface area contributed by atoms with E-state index < -0.39 is 12.0 Å². The zero-order valence-corrected chi connectivity index (χ0v) is 11.3. The number of hydrogen-bond donors (Lipinski definition) is 3. The fourth-order valence-corrected chi connectivity index (χ4v) is 2.28. The first-order valence-electron chi connectivity index (χ1n) is 5.83. The zero-order chi connectivity index (χ0) is 14.5. The molecule has 1 atom stereocenters. The molecule has 0 fully saturated rings. The van der Waals surface area contributed by atoms with E-state index in [0.29, 0.717) is 5.56 Å². The summed E-state index contributed by atoms with van der Waals surface area (Å²) in [5.74, 6) is -1.37. The van der Waals surface area contributed by atoms with Gasteiger partial charge in [-0.1, -0.05) is 12.1 Å². The van der Waals surface area contributed by atoms with E-state index in [4.69, 9.17) is 10.8 Å². The summed E-state index contributed by atoms with van der Waals surface area (Å²) in [6, 6.07) is 5.94. The van der Waals surface area contributed by atoms with Gasteiger partial charge in [-0.25, -0.2) is 9.78 Å². The van der Waals surface area contributed by atoms with Crippen LogP contribution in [0.5, 0.6) is 0 Å². The number of nitrogens with two attached hydrogens (primary N) is 1. The van der Waals surface area contributed by atoms with Gasteiger partial charge in [0.05, 0.1) is 0 Å². The number of amides is 1. The lowest BCUT2D eigenvalue weighted by Crippen LogP contribution is -2.33. The molecule has 1 amide bonds. The Bertz CT molecular complexity index is 596. The molecule has 0 aliphatic rings. The van der Waals surface area contributed by atoms with Gasteiger partial charge in [0.2, 0.25) is 5.91 Å². The first kappa shape index (κ1) is 14.2. The van der Waals surface area contributed by atoms with Crippen molar-refractivity contribution < 1.29 is 14.7 Å². The molecule has 0 aromatic carbocycles. The Morgan fingerprint density at radius 2 is 2.20 bits per heavy atom. The second kappa shape index (κ2) is 6.27.